The van der Waals surface area contributed by atoms with Gasteiger partial charge in [-0.25, -0.2) is 8.42 Å². The number of nitrogens with one attached hydrogen (secondary N) is 1. The zero-order valence-electron chi connectivity index (χ0n) is 24.1. The Morgan fingerprint density at radius 3 is 2.41 bits per heavy atom. The number of carbonyl (C=O) groups is 1. The lowest BCUT2D eigenvalue weighted by atomic mass is 10.0. The number of benzene rings is 2. The van der Waals surface area contributed by atoms with Crippen LogP contribution in [0.2, 0.25) is 0 Å². The normalized spacial score (nSPS) is 19.1. The van der Waals surface area contributed by atoms with Crippen LogP contribution in [0.4, 0.5) is 0 Å². The van der Waals surface area contributed by atoms with Crippen molar-refractivity contribution in [2.24, 2.45) is 0 Å². The second-order valence-electron chi connectivity index (χ2n) is 10.6. The summed E-state index contributed by atoms with van der Waals surface area (Å²) in [6.45, 7) is 4.49. The third-order valence-electron chi connectivity index (χ3n) is 7.62. The largest absolute Gasteiger partial charge is 0.484 e. The number of nitrogens with zero attached hydrogens (tertiary/aromatic N) is 1. The van der Waals surface area contributed by atoms with E-state index in [2.05, 4.69) is 34.5 Å². The van der Waals surface area contributed by atoms with Gasteiger partial charge in [-0.1, -0.05) is 30.7 Å². The zero-order chi connectivity index (χ0) is 28.9. The molecule has 1 amide bonds. The predicted molar refractivity (Wildman–Crippen MR) is 157 cm³/mol. The predicted octanol–water partition coefficient (Wildman–Crippen LogP) is 3.57. The van der Waals surface area contributed by atoms with E-state index in [0.29, 0.717) is 69.1 Å². The van der Waals surface area contributed by atoms with Crippen LogP contribution in [-0.2, 0) is 35.3 Å². The van der Waals surface area contributed by atoms with Gasteiger partial charge in [0.2, 0.25) is 5.91 Å². The molecule has 0 spiro atoms. The number of fused-ring (bicyclic) bond motifs is 1. The van der Waals surface area contributed by atoms with Gasteiger partial charge >= 0.3 is 0 Å². The Bertz CT molecular complexity index is 1180. The molecule has 0 saturated carbocycles. The van der Waals surface area contributed by atoms with E-state index < -0.39 is 9.84 Å². The van der Waals surface area contributed by atoms with Gasteiger partial charge in [-0.05, 0) is 74.2 Å². The van der Waals surface area contributed by atoms with E-state index in [0.717, 1.165) is 19.5 Å². The van der Waals surface area contributed by atoms with Crippen molar-refractivity contribution in [2.45, 2.75) is 55.6 Å². The van der Waals surface area contributed by atoms with Crippen LogP contribution in [0.25, 0.3) is 0 Å². The molecule has 2 aliphatic rings. The number of hydrogen-bond donors (Lipinski definition) is 1. The maximum Gasteiger partial charge on any atom is 0.222 e. The van der Waals surface area contributed by atoms with Gasteiger partial charge < -0.3 is 24.3 Å². The Morgan fingerprint density at radius 2 is 1.66 bits per heavy atom. The number of piperidine rings is 1. The highest BCUT2D eigenvalue weighted by molar-refractivity contribution is 7.91. The van der Waals surface area contributed by atoms with Crippen molar-refractivity contribution in [3.63, 3.8) is 0 Å². The molecule has 2 atom stereocenters. The Kier molecular flexibility index (Phi) is 12.4. The van der Waals surface area contributed by atoms with Gasteiger partial charge in [-0.2, -0.15) is 0 Å². The monoisotopic (exact) mass is 588 g/mol. The van der Waals surface area contributed by atoms with Crippen molar-refractivity contribution in [1.29, 1.82) is 0 Å². The molecule has 1 aliphatic heterocycles. The SMILES string of the molecule is COCCC(=O)NCCOCCOCCCS(=O)(=O)c1ccc(O[C@H]2c3ccccc3C[C@@H]2N2CCCCC2)cc1. The van der Waals surface area contributed by atoms with Gasteiger partial charge in [0.15, 0.2) is 9.84 Å². The molecule has 1 fully saturated rings. The molecule has 1 aliphatic carbocycles. The van der Waals surface area contributed by atoms with Crippen LogP contribution in [0.5, 0.6) is 5.75 Å². The highest BCUT2D eigenvalue weighted by atomic mass is 32.2. The number of amides is 1. The lowest BCUT2D eigenvalue weighted by Gasteiger charge is -2.35. The quantitative estimate of drug-likeness (QED) is 0.280. The van der Waals surface area contributed by atoms with E-state index in [1.807, 2.05) is 0 Å². The molecule has 2 aromatic rings. The van der Waals surface area contributed by atoms with Crippen molar-refractivity contribution in [3.05, 3.63) is 59.7 Å². The molecule has 1 heterocycles. The number of sulfone groups is 1. The molecule has 41 heavy (non-hydrogen) atoms. The molecule has 0 bridgehead atoms. The Balaban J connectivity index is 1.18. The van der Waals surface area contributed by atoms with E-state index in [9.17, 15) is 13.2 Å². The molecule has 0 aromatic heterocycles. The summed E-state index contributed by atoms with van der Waals surface area (Å²) in [5.41, 5.74) is 2.57. The molecule has 2 aromatic carbocycles. The fourth-order valence-corrected chi connectivity index (χ4v) is 6.74. The summed E-state index contributed by atoms with van der Waals surface area (Å²) < 4.78 is 48.1. The third kappa shape index (κ3) is 9.51. The van der Waals surface area contributed by atoms with Gasteiger partial charge in [-0.3, -0.25) is 9.69 Å². The third-order valence-corrected chi connectivity index (χ3v) is 9.44. The molecule has 226 valence electrons. The average molecular weight is 589 g/mol. The van der Waals surface area contributed by atoms with E-state index in [1.54, 1.807) is 31.4 Å². The first-order valence-electron chi connectivity index (χ1n) is 14.7. The molecular weight excluding hydrogens is 544 g/mol. The second kappa shape index (κ2) is 16.2. The van der Waals surface area contributed by atoms with Crippen LogP contribution in [0, 0.1) is 0 Å². The van der Waals surface area contributed by atoms with Gasteiger partial charge in [0.25, 0.3) is 0 Å². The fourth-order valence-electron chi connectivity index (χ4n) is 5.46. The summed E-state index contributed by atoms with van der Waals surface area (Å²) in [6.07, 6.45) is 5.38. The van der Waals surface area contributed by atoms with Crippen LogP contribution in [-0.4, -0.2) is 90.8 Å². The maximum atomic E-state index is 12.9. The number of hydrogen-bond acceptors (Lipinski definition) is 8. The topological polar surface area (TPSA) is 103 Å². The van der Waals surface area contributed by atoms with E-state index in [1.165, 1.54) is 30.4 Å². The minimum absolute atomic E-state index is 0.00853. The Labute approximate surface area is 244 Å². The first kappa shape index (κ1) is 31.4. The summed E-state index contributed by atoms with van der Waals surface area (Å²) in [5, 5.41) is 2.74. The number of ether oxygens (including phenoxy) is 4. The summed E-state index contributed by atoms with van der Waals surface area (Å²) >= 11 is 0. The van der Waals surface area contributed by atoms with E-state index in [4.69, 9.17) is 18.9 Å². The van der Waals surface area contributed by atoms with Crippen molar-refractivity contribution in [2.75, 3.05) is 65.5 Å². The molecule has 9 nitrogen and oxygen atoms in total. The Hall–Kier alpha value is -2.50. The lowest BCUT2D eigenvalue weighted by Crippen LogP contribution is -2.43. The second-order valence-corrected chi connectivity index (χ2v) is 12.7. The summed E-state index contributed by atoms with van der Waals surface area (Å²) in [6, 6.07) is 15.6. The summed E-state index contributed by atoms with van der Waals surface area (Å²) in [7, 11) is -1.87. The number of methoxy groups -OCH3 is 1. The number of rotatable bonds is 17. The lowest BCUT2D eigenvalue weighted by molar-refractivity contribution is -0.122. The molecule has 0 unspecified atom stereocenters. The van der Waals surface area contributed by atoms with Gasteiger partial charge in [0.05, 0.1) is 43.1 Å². The minimum atomic E-state index is -3.42. The van der Waals surface area contributed by atoms with E-state index in [-0.39, 0.29) is 17.8 Å². The maximum absolute atomic E-state index is 12.9. The van der Waals surface area contributed by atoms with Gasteiger partial charge in [0.1, 0.15) is 11.9 Å². The number of carbonyl (C=O) groups excluding carboxylic acids is 1. The molecule has 4 rings (SSSR count). The van der Waals surface area contributed by atoms with Crippen LogP contribution in [0.15, 0.2) is 53.4 Å². The standard InChI is InChI=1S/C31H44N2O7S/c1-37-19-14-30(34)32-15-20-39-22-21-38-18-7-23-41(35,36)27-12-10-26(11-13-27)40-31-28-9-4-3-8-25(28)24-29(31)33-16-5-2-6-17-33/h3-4,8-13,29,31H,2,5-7,14-24H2,1H3,(H,32,34)/t29-,31-/m0/s1. The van der Waals surface area contributed by atoms with Crippen molar-refractivity contribution >= 4 is 15.7 Å². The van der Waals surface area contributed by atoms with Crippen LogP contribution in [0.1, 0.15) is 49.3 Å². The van der Waals surface area contributed by atoms with Crippen molar-refractivity contribution in [1.82, 2.24) is 10.2 Å². The fraction of sp³-hybridized carbons (Fsp3) is 0.581. The van der Waals surface area contributed by atoms with Gasteiger partial charge in [0, 0.05) is 26.7 Å². The van der Waals surface area contributed by atoms with Gasteiger partial charge in [-0.15, -0.1) is 0 Å². The first-order valence-corrected chi connectivity index (χ1v) is 16.4. The minimum Gasteiger partial charge on any atom is -0.484 e. The smallest absolute Gasteiger partial charge is 0.222 e. The van der Waals surface area contributed by atoms with Crippen LogP contribution in [0.3, 0.4) is 0 Å². The Morgan fingerprint density at radius 1 is 0.927 bits per heavy atom. The highest BCUT2D eigenvalue weighted by Crippen LogP contribution is 2.39. The molecule has 1 saturated heterocycles. The number of likely N-dealkylation sites (tertiary alicyclic amines) is 1. The molecule has 10 heteroatoms. The summed E-state index contributed by atoms with van der Waals surface area (Å²) in [5.74, 6) is 0.621. The first-order chi connectivity index (χ1) is 20.0. The zero-order valence-corrected chi connectivity index (χ0v) is 24.9. The summed E-state index contributed by atoms with van der Waals surface area (Å²) in [4.78, 5) is 14.3. The van der Waals surface area contributed by atoms with Crippen LogP contribution >= 0.6 is 0 Å². The van der Waals surface area contributed by atoms with Crippen molar-refractivity contribution in [3.8, 4) is 5.75 Å². The highest BCUT2D eigenvalue weighted by Gasteiger charge is 2.38. The van der Waals surface area contributed by atoms with Crippen molar-refractivity contribution < 1.29 is 32.2 Å². The van der Waals surface area contributed by atoms with Crippen LogP contribution < -0.4 is 10.1 Å². The molecule has 0 radical (unpaired) electrons. The molecule has 1 N–H and O–H groups in total. The van der Waals surface area contributed by atoms with E-state index >= 15 is 0 Å². The average Bonchev–Trinajstić information content (AvgIpc) is 3.36. The molecular formula is C31H44N2O7S.